The van der Waals surface area contributed by atoms with Crippen LogP contribution >= 0.6 is 12.4 Å². The summed E-state index contributed by atoms with van der Waals surface area (Å²) in [4.78, 5) is 51.2. The number of hydrogen-bond donors (Lipinski definition) is 2. The van der Waals surface area contributed by atoms with Crippen molar-refractivity contribution in [2.75, 3.05) is 25.6 Å². The minimum absolute atomic E-state index is 0. The number of hydrogen-bond acceptors (Lipinski definition) is 9. The highest BCUT2D eigenvalue weighted by atomic mass is 35.5. The first kappa shape index (κ1) is 22.6. The van der Waals surface area contributed by atoms with Gasteiger partial charge in [-0.2, -0.15) is 4.68 Å². The summed E-state index contributed by atoms with van der Waals surface area (Å²) in [6, 6.07) is 3.79. The molecule has 0 saturated carbocycles. The largest absolute Gasteiger partial charge is 0.443 e. The number of amides is 2. The van der Waals surface area contributed by atoms with E-state index in [1.165, 1.54) is 0 Å². The number of piperidine rings is 2. The first-order valence-corrected chi connectivity index (χ1v) is 9.82. The molecule has 3 N–H and O–H groups in total. The Balaban J connectivity index is 0.00000272. The minimum Gasteiger partial charge on any atom is -0.443 e. The highest BCUT2D eigenvalue weighted by Gasteiger charge is 2.38. The van der Waals surface area contributed by atoms with Crippen molar-refractivity contribution >= 4 is 46.8 Å². The van der Waals surface area contributed by atoms with E-state index >= 15 is 0 Å². The molecule has 1 unspecified atom stereocenters. The normalized spacial score (nSPS) is 19.9. The van der Waals surface area contributed by atoms with Crippen LogP contribution in [0.4, 0.5) is 5.69 Å². The van der Waals surface area contributed by atoms with Gasteiger partial charge in [0.2, 0.25) is 5.91 Å². The van der Waals surface area contributed by atoms with E-state index < -0.39 is 36.1 Å². The molecule has 2 fully saturated rings. The van der Waals surface area contributed by atoms with Crippen molar-refractivity contribution in [2.24, 2.45) is 5.92 Å². The molecule has 0 spiro atoms. The maximum Gasteiger partial charge on any atom is 0.310 e. The number of halogens is 1. The molecule has 0 radical (unpaired) electrons. The first-order chi connectivity index (χ1) is 14.5. The predicted molar refractivity (Wildman–Crippen MR) is 112 cm³/mol. The summed E-state index contributed by atoms with van der Waals surface area (Å²) in [6.45, 7) is 0.959. The number of benzene rings is 1. The molecule has 4 rings (SSSR count). The lowest BCUT2D eigenvalue weighted by Gasteiger charge is -2.30. The molecule has 11 nitrogen and oxygen atoms in total. The Labute approximate surface area is 183 Å². The molecular formula is C19H23ClN6O5. The van der Waals surface area contributed by atoms with E-state index in [9.17, 15) is 19.2 Å². The second kappa shape index (κ2) is 9.40. The smallest absolute Gasteiger partial charge is 0.310 e. The zero-order valence-corrected chi connectivity index (χ0v) is 17.5. The number of carbonyl (C=O) groups excluding carboxylic acids is 3. The quantitative estimate of drug-likeness (QED) is 0.372. The van der Waals surface area contributed by atoms with E-state index in [2.05, 4.69) is 15.6 Å². The number of aromatic nitrogens is 3. The molecule has 2 saturated heterocycles. The second-order valence-corrected chi connectivity index (χ2v) is 7.41. The van der Waals surface area contributed by atoms with Gasteiger partial charge >= 0.3 is 5.97 Å². The fourth-order valence-corrected chi connectivity index (χ4v) is 3.82. The number of imide groups is 1. The fourth-order valence-electron chi connectivity index (χ4n) is 3.82. The Morgan fingerprint density at radius 3 is 2.68 bits per heavy atom. The van der Waals surface area contributed by atoms with Crippen molar-refractivity contribution in [1.29, 1.82) is 0 Å². The van der Waals surface area contributed by atoms with E-state index in [4.69, 9.17) is 10.5 Å². The van der Waals surface area contributed by atoms with Crippen LogP contribution in [-0.4, -0.2) is 57.5 Å². The number of likely N-dealkylation sites (tertiary alicyclic amines) is 1. The third-order valence-corrected chi connectivity index (χ3v) is 5.53. The van der Waals surface area contributed by atoms with Crippen molar-refractivity contribution in [3.63, 3.8) is 0 Å². The Hall–Kier alpha value is -3.05. The number of carbonyl (C=O) groups is 3. The summed E-state index contributed by atoms with van der Waals surface area (Å²) < 4.78 is 6.19. The highest BCUT2D eigenvalue weighted by Crippen LogP contribution is 2.24. The van der Waals surface area contributed by atoms with Crippen LogP contribution in [0, 0.1) is 5.92 Å². The van der Waals surface area contributed by atoms with Crippen LogP contribution in [0.2, 0.25) is 0 Å². The molecule has 1 atom stereocenters. The number of nitrogens with zero attached hydrogens (tertiary/aromatic N) is 4. The van der Waals surface area contributed by atoms with E-state index in [-0.39, 0.29) is 42.2 Å². The molecule has 0 bridgehead atoms. The number of nitrogens with one attached hydrogen (secondary N) is 1. The standard InChI is InChI=1S/C19H22N6O5.ClH/c20-12-2-1-3-13-16(12)18(28)25(23-22-13)14-4-5-15(26)24(17(14)27)10-30-19(29)11-6-8-21-9-7-11;/h1-3,11,14,21H,4-10,20H2;1H. The molecule has 2 amide bonds. The maximum absolute atomic E-state index is 12.9. The summed E-state index contributed by atoms with van der Waals surface area (Å²) in [5.74, 6) is -1.81. The Morgan fingerprint density at radius 1 is 1.19 bits per heavy atom. The molecule has 12 heteroatoms. The predicted octanol–water partition coefficient (Wildman–Crippen LogP) is -0.0141. The number of nitrogen functional groups attached to an aromatic ring is 1. The summed E-state index contributed by atoms with van der Waals surface area (Å²) in [6.07, 6.45) is 1.40. The fraction of sp³-hybridized carbons (Fsp3) is 0.474. The van der Waals surface area contributed by atoms with Crippen LogP contribution in [0.5, 0.6) is 0 Å². The van der Waals surface area contributed by atoms with Gasteiger partial charge in [0, 0.05) is 12.1 Å². The topological polar surface area (TPSA) is 150 Å². The van der Waals surface area contributed by atoms with Gasteiger partial charge in [-0.15, -0.1) is 17.5 Å². The number of nitrogens with two attached hydrogens (primary N) is 1. The van der Waals surface area contributed by atoms with Gasteiger partial charge in [0.25, 0.3) is 11.5 Å². The van der Waals surface area contributed by atoms with Crippen molar-refractivity contribution in [2.45, 2.75) is 31.7 Å². The van der Waals surface area contributed by atoms with E-state index in [0.717, 1.165) is 22.7 Å². The molecule has 2 aromatic rings. The van der Waals surface area contributed by atoms with E-state index in [1.54, 1.807) is 18.2 Å². The average Bonchev–Trinajstić information content (AvgIpc) is 2.75. The number of ether oxygens (including phenoxy) is 1. The van der Waals surface area contributed by atoms with Crippen molar-refractivity contribution in [3.8, 4) is 0 Å². The lowest BCUT2D eigenvalue weighted by atomic mass is 9.99. The van der Waals surface area contributed by atoms with Crippen molar-refractivity contribution < 1.29 is 19.1 Å². The summed E-state index contributed by atoms with van der Waals surface area (Å²) in [5.41, 5.74) is 5.89. The Kier molecular flexibility index (Phi) is 6.86. The lowest BCUT2D eigenvalue weighted by Crippen LogP contribution is -2.49. The molecule has 1 aromatic heterocycles. The monoisotopic (exact) mass is 450 g/mol. The van der Waals surface area contributed by atoms with Gasteiger partial charge in [-0.05, 0) is 44.5 Å². The molecule has 1 aromatic carbocycles. The number of fused-ring (bicyclic) bond motifs is 1. The van der Waals surface area contributed by atoms with E-state index in [0.29, 0.717) is 18.4 Å². The van der Waals surface area contributed by atoms with Gasteiger partial charge in [0.05, 0.1) is 11.3 Å². The first-order valence-electron chi connectivity index (χ1n) is 9.82. The van der Waals surface area contributed by atoms with Crippen LogP contribution in [0.25, 0.3) is 10.9 Å². The van der Waals surface area contributed by atoms with Crippen LogP contribution in [0.1, 0.15) is 31.7 Å². The molecular weight excluding hydrogens is 428 g/mol. The Morgan fingerprint density at radius 2 is 1.94 bits per heavy atom. The number of rotatable bonds is 4. The van der Waals surface area contributed by atoms with Gasteiger partial charge in [0.1, 0.15) is 11.6 Å². The van der Waals surface area contributed by atoms with E-state index in [1.807, 2.05) is 0 Å². The van der Waals surface area contributed by atoms with Gasteiger partial charge in [-0.25, -0.2) is 4.90 Å². The van der Waals surface area contributed by atoms with Gasteiger partial charge in [0.15, 0.2) is 6.73 Å². The summed E-state index contributed by atoms with van der Waals surface area (Å²) in [5, 5.41) is 11.2. The Bertz CT molecular complexity index is 1070. The van der Waals surface area contributed by atoms with Crippen molar-refractivity contribution in [3.05, 3.63) is 28.6 Å². The van der Waals surface area contributed by atoms with Crippen molar-refractivity contribution in [1.82, 2.24) is 25.2 Å². The zero-order chi connectivity index (χ0) is 21.3. The third-order valence-electron chi connectivity index (χ3n) is 5.53. The molecule has 0 aliphatic carbocycles. The molecule has 2 aliphatic heterocycles. The van der Waals surface area contributed by atoms with Crippen LogP contribution in [0.3, 0.4) is 0 Å². The molecule has 31 heavy (non-hydrogen) atoms. The van der Waals surface area contributed by atoms with Gasteiger partial charge in [-0.1, -0.05) is 11.3 Å². The lowest BCUT2D eigenvalue weighted by molar-refractivity contribution is -0.166. The van der Waals surface area contributed by atoms with Gasteiger partial charge < -0.3 is 15.8 Å². The molecule has 3 heterocycles. The maximum atomic E-state index is 12.9. The summed E-state index contributed by atoms with van der Waals surface area (Å²) >= 11 is 0. The highest BCUT2D eigenvalue weighted by molar-refractivity contribution is 5.99. The zero-order valence-electron chi connectivity index (χ0n) is 16.7. The number of anilines is 1. The third kappa shape index (κ3) is 4.37. The van der Waals surface area contributed by atoms with Crippen LogP contribution in [-0.2, 0) is 19.1 Å². The van der Waals surface area contributed by atoms with Crippen LogP contribution in [0.15, 0.2) is 23.0 Å². The SMILES string of the molecule is Cl.Nc1cccc2nnn(C3CCC(=O)N(COC(=O)C4CCNCC4)C3=O)c(=O)c12. The average molecular weight is 451 g/mol. The van der Waals surface area contributed by atoms with Gasteiger partial charge in [-0.3, -0.25) is 19.2 Å². The minimum atomic E-state index is -1.02. The molecule has 2 aliphatic rings. The second-order valence-electron chi connectivity index (χ2n) is 7.41. The summed E-state index contributed by atoms with van der Waals surface area (Å²) in [7, 11) is 0. The van der Waals surface area contributed by atoms with Crippen LogP contribution < -0.4 is 16.6 Å². The molecule has 166 valence electrons. The number of esters is 1.